The fourth-order valence-electron chi connectivity index (χ4n) is 3.17. The van der Waals surface area contributed by atoms with Crippen LogP contribution in [0.5, 0.6) is 11.5 Å². The summed E-state index contributed by atoms with van der Waals surface area (Å²) in [5.41, 5.74) is 2.62. The van der Waals surface area contributed by atoms with E-state index in [2.05, 4.69) is 26.1 Å². The van der Waals surface area contributed by atoms with Gasteiger partial charge in [0.2, 0.25) is 15.9 Å². The van der Waals surface area contributed by atoms with Gasteiger partial charge in [0.1, 0.15) is 23.0 Å². The lowest BCUT2D eigenvalue weighted by molar-refractivity contribution is -0.116. The highest BCUT2D eigenvalue weighted by molar-refractivity contribution is 7.89. The van der Waals surface area contributed by atoms with Crippen LogP contribution in [0.4, 0.5) is 0 Å². The molecule has 34 heavy (non-hydrogen) atoms. The minimum atomic E-state index is -3.97. The van der Waals surface area contributed by atoms with E-state index in [0.717, 1.165) is 11.1 Å². The SMILES string of the molecule is COCCOc1ccc(CCNC(=O)/C=C/c2cc(C(C)(C)C)ccc2OC)cc1S(N)(=O)=O. The highest BCUT2D eigenvalue weighted by atomic mass is 32.2. The van der Waals surface area contributed by atoms with Crippen molar-refractivity contribution in [1.82, 2.24) is 5.32 Å². The first-order valence-electron chi connectivity index (χ1n) is 10.9. The number of rotatable bonds is 11. The molecule has 0 aliphatic rings. The molecule has 0 atom stereocenters. The number of sulfonamides is 1. The molecule has 3 N–H and O–H groups in total. The molecule has 0 saturated carbocycles. The van der Waals surface area contributed by atoms with Crippen LogP contribution in [0.1, 0.15) is 37.5 Å². The third kappa shape index (κ3) is 8.16. The first-order chi connectivity index (χ1) is 16.0. The number of carbonyl (C=O) groups excluding carboxylic acids is 1. The van der Waals surface area contributed by atoms with Gasteiger partial charge >= 0.3 is 0 Å². The third-order valence-electron chi connectivity index (χ3n) is 5.08. The predicted octanol–water partition coefficient (Wildman–Crippen LogP) is 3.04. The van der Waals surface area contributed by atoms with Crippen molar-refractivity contribution in [3.8, 4) is 11.5 Å². The number of nitrogens with one attached hydrogen (secondary N) is 1. The first kappa shape index (κ1) is 27.4. The van der Waals surface area contributed by atoms with Gasteiger partial charge in [0.15, 0.2) is 0 Å². The molecule has 2 aromatic rings. The Labute approximate surface area is 202 Å². The van der Waals surface area contributed by atoms with Crippen molar-refractivity contribution in [3.05, 3.63) is 59.2 Å². The Morgan fingerprint density at radius 1 is 1.06 bits per heavy atom. The largest absolute Gasteiger partial charge is 0.496 e. The monoisotopic (exact) mass is 490 g/mol. The van der Waals surface area contributed by atoms with E-state index in [-0.39, 0.29) is 28.6 Å². The Hall–Kier alpha value is -2.88. The summed E-state index contributed by atoms with van der Waals surface area (Å²) in [7, 11) is -0.856. The summed E-state index contributed by atoms with van der Waals surface area (Å²) in [5, 5.41) is 8.14. The second-order valence-electron chi connectivity index (χ2n) is 8.75. The zero-order valence-corrected chi connectivity index (χ0v) is 21.2. The molecule has 0 fully saturated rings. The van der Waals surface area contributed by atoms with Gasteiger partial charge in [-0.25, -0.2) is 13.6 Å². The summed E-state index contributed by atoms with van der Waals surface area (Å²) in [5.74, 6) is 0.580. The number of hydrogen-bond acceptors (Lipinski definition) is 6. The maximum absolute atomic E-state index is 12.3. The zero-order chi connectivity index (χ0) is 25.4. The summed E-state index contributed by atoms with van der Waals surface area (Å²) in [4.78, 5) is 12.2. The highest BCUT2D eigenvalue weighted by Crippen LogP contribution is 2.29. The van der Waals surface area contributed by atoms with Gasteiger partial charge in [-0.1, -0.05) is 32.9 Å². The van der Waals surface area contributed by atoms with Crippen molar-refractivity contribution >= 4 is 22.0 Å². The fraction of sp³-hybridized carbons (Fsp3) is 0.400. The van der Waals surface area contributed by atoms with Gasteiger partial charge in [0.25, 0.3) is 0 Å². The lowest BCUT2D eigenvalue weighted by atomic mass is 9.86. The summed E-state index contributed by atoms with van der Waals surface area (Å²) in [6.45, 7) is 7.19. The summed E-state index contributed by atoms with van der Waals surface area (Å²) < 4.78 is 39.7. The summed E-state index contributed by atoms with van der Waals surface area (Å²) in [6, 6.07) is 10.7. The Morgan fingerprint density at radius 2 is 1.76 bits per heavy atom. The molecule has 0 spiro atoms. The van der Waals surface area contributed by atoms with E-state index in [1.807, 2.05) is 18.2 Å². The smallest absolute Gasteiger partial charge is 0.244 e. The number of amides is 1. The molecule has 1 amide bonds. The lowest BCUT2D eigenvalue weighted by Crippen LogP contribution is -2.23. The van der Waals surface area contributed by atoms with Crippen LogP contribution in [-0.2, 0) is 31.4 Å². The topological polar surface area (TPSA) is 117 Å². The van der Waals surface area contributed by atoms with Gasteiger partial charge in [-0.05, 0) is 53.3 Å². The summed E-state index contributed by atoms with van der Waals surface area (Å²) in [6.07, 6.45) is 3.59. The van der Waals surface area contributed by atoms with Gasteiger partial charge in [-0.15, -0.1) is 0 Å². The Bertz CT molecular complexity index is 1120. The maximum atomic E-state index is 12.3. The van der Waals surface area contributed by atoms with E-state index in [1.165, 1.54) is 19.3 Å². The van der Waals surface area contributed by atoms with Crippen LogP contribution in [0.25, 0.3) is 6.08 Å². The summed E-state index contributed by atoms with van der Waals surface area (Å²) >= 11 is 0. The molecule has 0 aromatic heterocycles. The molecule has 0 unspecified atom stereocenters. The molecule has 0 aliphatic heterocycles. The molecule has 0 bridgehead atoms. The van der Waals surface area contributed by atoms with Gasteiger partial charge < -0.3 is 19.5 Å². The maximum Gasteiger partial charge on any atom is 0.244 e. The van der Waals surface area contributed by atoms with Crippen LogP contribution >= 0.6 is 0 Å². The number of benzene rings is 2. The molecule has 0 radical (unpaired) electrons. The number of primary sulfonamides is 1. The minimum absolute atomic E-state index is 0.0304. The number of carbonyl (C=O) groups is 1. The van der Waals surface area contributed by atoms with E-state index in [4.69, 9.17) is 19.3 Å². The van der Waals surface area contributed by atoms with Crippen molar-refractivity contribution < 1.29 is 27.4 Å². The van der Waals surface area contributed by atoms with Crippen molar-refractivity contribution in [2.24, 2.45) is 5.14 Å². The third-order valence-corrected chi connectivity index (χ3v) is 6.01. The van der Waals surface area contributed by atoms with Gasteiger partial charge in [0, 0.05) is 25.3 Å². The van der Waals surface area contributed by atoms with Crippen molar-refractivity contribution in [2.75, 3.05) is 34.0 Å². The molecule has 0 aliphatic carbocycles. The van der Waals surface area contributed by atoms with E-state index in [0.29, 0.717) is 30.9 Å². The number of hydrogen-bond donors (Lipinski definition) is 2. The molecule has 0 heterocycles. The van der Waals surface area contributed by atoms with E-state index in [9.17, 15) is 13.2 Å². The molecule has 186 valence electrons. The van der Waals surface area contributed by atoms with Crippen LogP contribution in [-0.4, -0.2) is 48.3 Å². The Balaban J connectivity index is 2.03. The van der Waals surface area contributed by atoms with Crippen molar-refractivity contribution in [3.63, 3.8) is 0 Å². The second kappa shape index (κ2) is 12.0. The van der Waals surface area contributed by atoms with Crippen LogP contribution in [0.15, 0.2) is 47.4 Å². The van der Waals surface area contributed by atoms with E-state index >= 15 is 0 Å². The molecule has 8 nitrogen and oxygen atoms in total. The van der Waals surface area contributed by atoms with Crippen LogP contribution in [0, 0.1) is 0 Å². The van der Waals surface area contributed by atoms with Crippen LogP contribution in [0.2, 0.25) is 0 Å². The van der Waals surface area contributed by atoms with Gasteiger partial charge in [-0.3, -0.25) is 4.79 Å². The molecular weight excluding hydrogens is 456 g/mol. The quantitative estimate of drug-likeness (QED) is 0.369. The van der Waals surface area contributed by atoms with Crippen LogP contribution in [0.3, 0.4) is 0 Å². The second-order valence-corrected chi connectivity index (χ2v) is 10.3. The predicted molar refractivity (Wildman–Crippen MR) is 133 cm³/mol. The Morgan fingerprint density at radius 3 is 2.38 bits per heavy atom. The van der Waals surface area contributed by atoms with Crippen molar-refractivity contribution in [2.45, 2.75) is 37.5 Å². The number of ether oxygens (including phenoxy) is 3. The van der Waals surface area contributed by atoms with E-state index in [1.54, 1.807) is 25.3 Å². The minimum Gasteiger partial charge on any atom is -0.496 e. The number of nitrogens with two attached hydrogens (primary N) is 1. The van der Waals surface area contributed by atoms with E-state index < -0.39 is 10.0 Å². The van der Waals surface area contributed by atoms with Crippen LogP contribution < -0.4 is 19.9 Å². The molecule has 2 rings (SSSR count). The number of methoxy groups -OCH3 is 2. The normalized spacial score (nSPS) is 12.1. The molecule has 0 saturated heterocycles. The Kier molecular flexibility index (Phi) is 9.66. The zero-order valence-electron chi connectivity index (χ0n) is 20.4. The van der Waals surface area contributed by atoms with Gasteiger partial charge in [0.05, 0.1) is 13.7 Å². The molecule has 2 aromatic carbocycles. The molecule has 9 heteroatoms. The standard InChI is InChI=1S/C25H34N2O6S/c1-25(2,3)20-8-10-21(32-5)19(17-20)7-11-24(28)27-13-12-18-6-9-22(33-15-14-31-4)23(16-18)34(26,29)30/h6-11,16-17H,12-15H2,1-5H3,(H,27,28)(H2,26,29,30)/b11-7+. The molecular formula is C25H34N2O6S. The first-order valence-corrected chi connectivity index (χ1v) is 12.4. The lowest BCUT2D eigenvalue weighted by Gasteiger charge is -2.20. The highest BCUT2D eigenvalue weighted by Gasteiger charge is 2.17. The van der Waals surface area contributed by atoms with Crippen molar-refractivity contribution in [1.29, 1.82) is 0 Å². The van der Waals surface area contributed by atoms with Gasteiger partial charge in [-0.2, -0.15) is 0 Å². The average molecular weight is 491 g/mol. The average Bonchev–Trinajstić information content (AvgIpc) is 2.77. The fourth-order valence-corrected chi connectivity index (χ4v) is 3.89.